The summed E-state index contributed by atoms with van der Waals surface area (Å²) in [5.74, 6) is 0.989. The summed E-state index contributed by atoms with van der Waals surface area (Å²) in [5, 5.41) is -0.0603. The third-order valence-corrected chi connectivity index (χ3v) is 4.88. The van der Waals surface area contributed by atoms with Crippen LogP contribution < -0.4 is 0 Å². The fraction of sp³-hybridized carbons (Fsp3) is 0.533. The number of hydrogen-bond donors (Lipinski definition) is 0. The second-order valence-corrected chi connectivity index (χ2v) is 7.54. The number of benzene rings is 1. The predicted octanol–water partition coefficient (Wildman–Crippen LogP) is 5.29. The van der Waals surface area contributed by atoms with E-state index in [1.165, 1.54) is 24.8 Å². The number of halogens is 2. The lowest BCUT2D eigenvalue weighted by atomic mass is 9.70. The maximum atomic E-state index is 6.31. The van der Waals surface area contributed by atoms with Crippen molar-refractivity contribution in [2.24, 2.45) is 5.41 Å². The van der Waals surface area contributed by atoms with Gasteiger partial charge in [-0.1, -0.05) is 29.3 Å². The van der Waals surface area contributed by atoms with E-state index >= 15 is 0 Å². The van der Waals surface area contributed by atoms with E-state index in [9.17, 15) is 0 Å². The van der Waals surface area contributed by atoms with Crippen molar-refractivity contribution >= 4 is 38.6 Å². The Hall–Kier alpha value is -0.540. The number of hydrogen-bond acceptors (Lipinski definition) is 1. The number of alkyl halides is 1. The highest BCUT2D eigenvalue weighted by atomic mass is 79.9. The molecule has 2 aromatic rings. The Morgan fingerprint density at radius 3 is 2.79 bits per heavy atom. The van der Waals surface area contributed by atoms with Gasteiger partial charge >= 0.3 is 0 Å². The maximum Gasteiger partial charge on any atom is 0.127 e. The first-order valence-corrected chi connectivity index (χ1v) is 8.01. The Labute approximate surface area is 127 Å². The smallest absolute Gasteiger partial charge is 0.127 e. The molecule has 0 aliphatic heterocycles. The molecule has 4 heteroatoms. The van der Waals surface area contributed by atoms with Crippen LogP contribution in [0, 0.1) is 5.41 Å². The lowest BCUT2D eigenvalue weighted by Gasteiger charge is -2.39. The number of nitrogens with zero attached hydrogens (tertiary/aromatic N) is 2. The van der Waals surface area contributed by atoms with Gasteiger partial charge < -0.3 is 4.57 Å². The second-order valence-electron chi connectivity index (χ2n) is 5.97. The Balaban J connectivity index is 2.11. The minimum Gasteiger partial charge on any atom is -0.326 e. The topological polar surface area (TPSA) is 17.8 Å². The molecule has 1 atom stereocenters. The summed E-state index contributed by atoms with van der Waals surface area (Å²) in [6.45, 7) is 5.39. The molecular formula is C15H18BrClN2. The molecule has 0 spiro atoms. The van der Waals surface area contributed by atoms with Gasteiger partial charge in [-0.15, -0.1) is 11.6 Å². The molecule has 1 fully saturated rings. The van der Waals surface area contributed by atoms with Crippen LogP contribution in [0.3, 0.4) is 0 Å². The number of aromatic nitrogens is 2. The highest BCUT2D eigenvalue weighted by molar-refractivity contribution is 9.10. The van der Waals surface area contributed by atoms with Crippen LogP contribution in [-0.2, 0) is 6.54 Å². The van der Waals surface area contributed by atoms with Crippen LogP contribution in [0.4, 0.5) is 0 Å². The van der Waals surface area contributed by atoms with Crippen molar-refractivity contribution in [1.29, 1.82) is 0 Å². The molecule has 1 unspecified atom stereocenters. The summed E-state index contributed by atoms with van der Waals surface area (Å²) in [6, 6.07) is 6.28. The van der Waals surface area contributed by atoms with Crippen LogP contribution in [0.25, 0.3) is 11.0 Å². The number of imidazole rings is 1. The summed E-state index contributed by atoms with van der Waals surface area (Å²) in [6.07, 6.45) is 3.96. The molecule has 2 nitrogen and oxygen atoms in total. The Morgan fingerprint density at radius 2 is 2.21 bits per heavy atom. The quantitative estimate of drug-likeness (QED) is 0.694. The first kappa shape index (κ1) is 13.4. The molecule has 102 valence electrons. The average molecular weight is 342 g/mol. The molecule has 0 saturated heterocycles. The number of rotatable bonds is 3. The third-order valence-electron chi connectivity index (χ3n) is 4.20. The standard InChI is InChI=1S/C15H18BrClN2/c1-10(17)14-18-12-8-11(16)4-5-13(12)19(14)9-15(2)6-3-7-15/h4-5,8,10H,3,6-7,9H2,1-2H3. The average Bonchev–Trinajstić information content (AvgIpc) is 2.65. The zero-order valence-corrected chi connectivity index (χ0v) is 13.6. The largest absolute Gasteiger partial charge is 0.326 e. The van der Waals surface area contributed by atoms with Crippen LogP contribution >= 0.6 is 27.5 Å². The fourth-order valence-electron chi connectivity index (χ4n) is 2.91. The van der Waals surface area contributed by atoms with Crippen molar-refractivity contribution in [2.75, 3.05) is 0 Å². The maximum absolute atomic E-state index is 6.31. The van der Waals surface area contributed by atoms with Crippen LogP contribution in [0.2, 0.25) is 0 Å². The Morgan fingerprint density at radius 1 is 1.47 bits per heavy atom. The van der Waals surface area contributed by atoms with Gasteiger partial charge in [-0.25, -0.2) is 4.98 Å². The van der Waals surface area contributed by atoms with Gasteiger partial charge in [-0.3, -0.25) is 0 Å². The number of fused-ring (bicyclic) bond motifs is 1. The molecule has 19 heavy (non-hydrogen) atoms. The van der Waals surface area contributed by atoms with Gasteiger partial charge in [-0.2, -0.15) is 0 Å². The van der Waals surface area contributed by atoms with Crippen LogP contribution in [0.1, 0.15) is 44.3 Å². The zero-order valence-electron chi connectivity index (χ0n) is 11.3. The van der Waals surface area contributed by atoms with Crippen molar-refractivity contribution in [3.63, 3.8) is 0 Å². The molecule has 1 aliphatic rings. The summed E-state index contributed by atoms with van der Waals surface area (Å²) >= 11 is 9.82. The Bertz CT molecular complexity index is 614. The molecule has 1 aromatic carbocycles. The third kappa shape index (κ3) is 2.43. The first-order chi connectivity index (χ1) is 8.98. The van der Waals surface area contributed by atoms with Gasteiger partial charge in [0.1, 0.15) is 5.82 Å². The van der Waals surface area contributed by atoms with Crippen molar-refractivity contribution in [3.05, 3.63) is 28.5 Å². The van der Waals surface area contributed by atoms with Crippen LogP contribution in [-0.4, -0.2) is 9.55 Å². The van der Waals surface area contributed by atoms with Gasteiger partial charge in [0.25, 0.3) is 0 Å². The van der Waals surface area contributed by atoms with E-state index in [0.29, 0.717) is 5.41 Å². The normalized spacial score (nSPS) is 19.4. The lowest BCUT2D eigenvalue weighted by Crippen LogP contribution is -2.31. The molecule has 1 saturated carbocycles. The van der Waals surface area contributed by atoms with E-state index in [4.69, 9.17) is 16.6 Å². The minimum absolute atomic E-state index is 0.0603. The molecule has 0 N–H and O–H groups in total. The van der Waals surface area contributed by atoms with E-state index < -0.39 is 0 Å². The van der Waals surface area contributed by atoms with E-state index in [0.717, 1.165) is 22.4 Å². The van der Waals surface area contributed by atoms with Gasteiger partial charge in [-0.05, 0) is 43.4 Å². The van der Waals surface area contributed by atoms with Crippen LogP contribution in [0.15, 0.2) is 22.7 Å². The highest BCUT2D eigenvalue weighted by Crippen LogP contribution is 2.43. The molecular weight excluding hydrogens is 324 g/mol. The molecule has 1 aliphatic carbocycles. The fourth-order valence-corrected chi connectivity index (χ4v) is 3.43. The summed E-state index contributed by atoms with van der Waals surface area (Å²) in [5.41, 5.74) is 2.64. The SMILES string of the molecule is CC(Cl)c1nc2cc(Br)ccc2n1CC1(C)CCC1. The van der Waals surface area contributed by atoms with Crippen molar-refractivity contribution in [1.82, 2.24) is 9.55 Å². The van der Waals surface area contributed by atoms with Crippen molar-refractivity contribution in [3.8, 4) is 0 Å². The van der Waals surface area contributed by atoms with Gasteiger partial charge in [0.05, 0.1) is 16.4 Å². The predicted molar refractivity (Wildman–Crippen MR) is 83.7 cm³/mol. The summed E-state index contributed by atoms with van der Waals surface area (Å²) in [4.78, 5) is 4.72. The molecule has 1 heterocycles. The molecule has 0 radical (unpaired) electrons. The molecule has 1 aromatic heterocycles. The molecule has 3 rings (SSSR count). The Kier molecular flexibility index (Phi) is 3.38. The van der Waals surface area contributed by atoms with Gasteiger partial charge in [0.15, 0.2) is 0 Å². The lowest BCUT2D eigenvalue weighted by molar-refractivity contribution is 0.132. The first-order valence-electron chi connectivity index (χ1n) is 6.78. The molecule has 0 amide bonds. The van der Waals surface area contributed by atoms with Gasteiger partial charge in [0, 0.05) is 11.0 Å². The van der Waals surface area contributed by atoms with Crippen molar-refractivity contribution in [2.45, 2.75) is 45.0 Å². The monoisotopic (exact) mass is 340 g/mol. The highest BCUT2D eigenvalue weighted by Gasteiger charge is 2.33. The van der Waals surface area contributed by atoms with E-state index in [2.05, 4.69) is 45.6 Å². The van der Waals surface area contributed by atoms with Crippen molar-refractivity contribution < 1.29 is 0 Å². The van der Waals surface area contributed by atoms with E-state index in [1.54, 1.807) is 0 Å². The second kappa shape index (κ2) is 4.78. The zero-order chi connectivity index (χ0) is 13.6. The van der Waals surface area contributed by atoms with E-state index in [1.807, 2.05) is 6.92 Å². The van der Waals surface area contributed by atoms with Gasteiger partial charge in [0.2, 0.25) is 0 Å². The summed E-state index contributed by atoms with van der Waals surface area (Å²) < 4.78 is 3.38. The summed E-state index contributed by atoms with van der Waals surface area (Å²) in [7, 11) is 0. The van der Waals surface area contributed by atoms with Crippen LogP contribution in [0.5, 0.6) is 0 Å². The minimum atomic E-state index is -0.0603. The molecule has 0 bridgehead atoms. The van der Waals surface area contributed by atoms with E-state index in [-0.39, 0.29) is 5.38 Å².